The minimum absolute atomic E-state index is 0.0498. The number of amides is 1. The molecule has 3 unspecified atom stereocenters. The maximum Gasteiger partial charge on any atom is 0.306 e. The third-order valence-corrected chi connectivity index (χ3v) is 3.01. The van der Waals surface area contributed by atoms with Gasteiger partial charge in [0.05, 0.1) is 5.92 Å². The third kappa shape index (κ3) is 5.53. The van der Waals surface area contributed by atoms with E-state index >= 15 is 0 Å². The molecule has 0 fully saturated rings. The van der Waals surface area contributed by atoms with Crippen molar-refractivity contribution in [1.82, 2.24) is 0 Å². The van der Waals surface area contributed by atoms with Gasteiger partial charge in [0.15, 0.2) is 0 Å². The van der Waals surface area contributed by atoms with Crippen LogP contribution in [0.2, 0.25) is 5.54 Å². The van der Waals surface area contributed by atoms with Crippen LogP contribution in [0.25, 0.3) is 0 Å². The van der Waals surface area contributed by atoms with Crippen molar-refractivity contribution in [3.63, 3.8) is 0 Å². The van der Waals surface area contributed by atoms with E-state index in [1.54, 1.807) is 13.8 Å². The number of carbonyl (C=O) groups is 2. The van der Waals surface area contributed by atoms with Gasteiger partial charge in [-0.05, 0) is 18.4 Å². The highest BCUT2D eigenvalue weighted by Gasteiger charge is 2.24. The Labute approximate surface area is 91.6 Å². The molecule has 0 aliphatic rings. The summed E-state index contributed by atoms with van der Waals surface area (Å²) in [6.45, 7) is 3.40. The fraction of sp³-hybridized carbons (Fsp3) is 0.778. The van der Waals surface area contributed by atoms with Gasteiger partial charge >= 0.3 is 5.97 Å². The molecule has 0 heterocycles. The van der Waals surface area contributed by atoms with Gasteiger partial charge in [-0.3, -0.25) is 9.59 Å². The Hall–Kier alpha value is -0.883. The molecule has 0 aromatic heterocycles. The maximum atomic E-state index is 10.9. The van der Waals surface area contributed by atoms with Crippen LogP contribution in [0.4, 0.5) is 0 Å². The second-order valence-electron chi connectivity index (χ2n) is 3.84. The lowest BCUT2D eigenvalue weighted by Gasteiger charge is -2.17. The van der Waals surface area contributed by atoms with Crippen LogP contribution in [0, 0.1) is 11.8 Å². The number of hydrogen-bond acceptors (Lipinski definition) is 3. The standard InChI is InChI=1S/C9H17NO4Si/c1-5(8(10)11)3-7(9(12)13)4-6(2)15-14/h5-7,14H,3-4H2,1-2H3,(H2,10,11)(H,12,13). The second-order valence-corrected chi connectivity index (χ2v) is 5.08. The van der Waals surface area contributed by atoms with Crippen LogP contribution < -0.4 is 5.73 Å². The van der Waals surface area contributed by atoms with Crippen LogP contribution >= 0.6 is 0 Å². The summed E-state index contributed by atoms with van der Waals surface area (Å²) in [5.74, 6) is -2.48. The fourth-order valence-corrected chi connectivity index (χ4v) is 1.71. The van der Waals surface area contributed by atoms with Crippen LogP contribution in [0.15, 0.2) is 0 Å². The maximum absolute atomic E-state index is 10.9. The van der Waals surface area contributed by atoms with E-state index in [1.807, 2.05) is 0 Å². The van der Waals surface area contributed by atoms with Crippen LogP contribution in [0.5, 0.6) is 0 Å². The van der Waals surface area contributed by atoms with Crippen molar-refractivity contribution in [2.24, 2.45) is 17.6 Å². The summed E-state index contributed by atoms with van der Waals surface area (Å²) in [4.78, 5) is 30.5. The van der Waals surface area contributed by atoms with Crippen LogP contribution in [-0.4, -0.2) is 31.5 Å². The number of nitrogens with two attached hydrogens (primary N) is 1. The predicted molar refractivity (Wildman–Crippen MR) is 56.1 cm³/mol. The van der Waals surface area contributed by atoms with Crippen molar-refractivity contribution in [3.05, 3.63) is 0 Å². The Morgan fingerprint density at radius 3 is 2.20 bits per heavy atom. The van der Waals surface area contributed by atoms with Gasteiger partial charge < -0.3 is 15.6 Å². The fourth-order valence-electron chi connectivity index (χ4n) is 1.32. The van der Waals surface area contributed by atoms with E-state index in [1.165, 1.54) is 0 Å². The monoisotopic (exact) mass is 231 g/mol. The zero-order valence-electron chi connectivity index (χ0n) is 8.93. The van der Waals surface area contributed by atoms with E-state index in [-0.39, 0.29) is 21.7 Å². The third-order valence-electron chi connectivity index (χ3n) is 2.33. The summed E-state index contributed by atoms with van der Waals surface area (Å²) in [7, 11) is -0.271. The topological polar surface area (TPSA) is 101 Å². The molecule has 1 amide bonds. The Morgan fingerprint density at radius 2 is 1.87 bits per heavy atom. The van der Waals surface area contributed by atoms with E-state index in [9.17, 15) is 9.59 Å². The molecule has 0 aliphatic carbocycles. The molecule has 0 aromatic rings. The Morgan fingerprint density at radius 1 is 1.33 bits per heavy atom. The summed E-state index contributed by atoms with van der Waals surface area (Å²) < 4.78 is 0. The first-order valence-electron chi connectivity index (χ1n) is 4.80. The number of rotatable bonds is 7. The second kappa shape index (κ2) is 6.57. The molecule has 6 heteroatoms. The molecular formula is C9H17NO4Si. The average Bonchev–Trinajstić information content (AvgIpc) is 2.15. The highest BCUT2D eigenvalue weighted by atomic mass is 28.2. The summed E-state index contributed by atoms with van der Waals surface area (Å²) in [5.41, 5.74) is 5.02. The SMILES string of the molecule is CC(CC(CC(C)C(N)=O)C(=O)O)[Si]O. The average molecular weight is 231 g/mol. The number of primary amides is 1. The summed E-state index contributed by atoms with van der Waals surface area (Å²) in [6.07, 6.45) is 0.612. The lowest BCUT2D eigenvalue weighted by atomic mass is 9.92. The molecule has 2 radical (unpaired) electrons. The molecular weight excluding hydrogens is 214 g/mol. The summed E-state index contributed by atoms with van der Waals surface area (Å²) in [5, 5.41) is 8.92. The van der Waals surface area contributed by atoms with E-state index in [4.69, 9.17) is 15.6 Å². The molecule has 0 aromatic carbocycles. The Kier molecular flexibility index (Phi) is 6.19. The molecule has 0 saturated carbocycles. The first-order chi connectivity index (χ1) is 6.88. The zero-order chi connectivity index (χ0) is 12.0. The van der Waals surface area contributed by atoms with Crippen LogP contribution in [0.1, 0.15) is 26.7 Å². The Bertz CT molecular complexity index is 234. The van der Waals surface area contributed by atoms with E-state index in [0.29, 0.717) is 6.42 Å². The molecule has 86 valence electrons. The molecule has 0 bridgehead atoms. The lowest BCUT2D eigenvalue weighted by molar-refractivity contribution is -0.142. The van der Waals surface area contributed by atoms with Crippen molar-refractivity contribution in [2.45, 2.75) is 32.2 Å². The molecule has 3 atom stereocenters. The smallest absolute Gasteiger partial charge is 0.306 e. The number of hydrogen-bond donors (Lipinski definition) is 3. The molecule has 0 rings (SSSR count). The van der Waals surface area contributed by atoms with Crippen molar-refractivity contribution >= 4 is 21.6 Å². The number of carboxylic acid groups (broad SMARTS) is 1. The van der Waals surface area contributed by atoms with Gasteiger partial charge in [-0.15, -0.1) is 0 Å². The van der Waals surface area contributed by atoms with E-state index < -0.39 is 23.7 Å². The van der Waals surface area contributed by atoms with Crippen LogP contribution in [0.3, 0.4) is 0 Å². The first-order valence-corrected chi connectivity index (χ1v) is 5.82. The molecule has 0 saturated heterocycles. The molecule has 0 spiro atoms. The quantitative estimate of drug-likeness (QED) is 0.537. The molecule has 0 aliphatic heterocycles. The van der Waals surface area contributed by atoms with Gasteiger partial charge in [0.1, 0.15) is 0 Å². The molecule has 4 N–H and O–H groups in total. The summed E-state index contributed by atoms with van der Waals surface area (Å²) >= 11 is 0. The van der Waals surface area contributed by atoms with Crippen molar-refractivity contribution in [1.29, 1.82) is 0 Å². The lowest BCUT2D eigenvalue weighted by Crippen LogP contribution is -2.27. The highest BCUT2D eigenvalue weighted by Crippen LogP contribution is 2.22. The molecule has 15 heavy (non-hydrogen) atoms. The number of carboxylic acids is 1. The number of carbonyl (C=O) groups excluding carboxylic acids is 1. The Balaban J connectivity index is 4.28. The van der Waals surface area contributed by atoms with Crippen molar-refractivity contribution in [3.8, 4) is 0 Å². The molecule has 5 nitrogen and oxygen atoms in total. The van der Waals surface area contributed by atoms with Gasteiger partial charge in [0.25, 0.3) is 0 Å². The minimum atomic E-state index is -0.937. The van der Waals surface area contributed by atoms with Gasteiger partial charge in [0.2, 0.25) is 15.7 Å². The first kappa shape index (κ1) is 14.1. The van der Waals surface area contributed by atoms with Crippen molar-refractivity contribution in [2.75, 3.05) is 0 Å². The van der Waals surface area contributed by atoms with Crippen LogP contribution in [-0.2, 0) is 9.59 Å². The number of aliphatic carboxylic acids is 1. The highest BCUT2D eigenvalue weighted by molar-refractivity contribution is 6.27. The van der Waals surface area contributed by atoms with Gasteiger partial charge in [-0.2, -0.15) is 0 Å². The van der Waals surface area contributed by atoms with Crippen molar-refractivity contribution < 1.29 is 19.5 Å². The van der Waals surface area contributed by atoms with Gasteiger partial charge in [-0.25, -0.2) is 0 Å². The predicted octanol–water partition coefficient (Wildman–Crippen LogP) is 0.00870. The summed E-state index contributed by atoms with van der Waals surface area (Å²) in [6, 6.07) is 0. The minimum Gasteiger partial charge on any atom is -0.481 e. The van der Waals surface area contributed by atoms with Gasteiger partial charge in [-0.1, -0.05) is 13.8 Å². The van der Waals surface area contributed by atoms with E-state index in [2.05, 4.69) is 0 Å². The van der Waals surface area contributed by atoms with Gasteiger partial charge in [0, 0.05) is 5.92 Å². The largest absolute Gasteiger partial charge is 0.481 e. The normalized spacial score (nSPS) is 16.7. The zero-order valence-corrected chi connectivity index (χ0v) is 9.93. The van der Waals surface area contributed by atoms with E-state index in [0.717, 1.165) is 0 Å².